The highest BCUT2D eigenvalue weighted by molar-refractivity contribution is 8.00. The summed E-state index contributed by atoms with van der Waals surface area (Å²) in [5.74, 6) is -0.631. The monoisotopic (exact) mass is 262 g/mol. The number of rotatable bonds is 2. The molecule has 0 saturated heterocycles. The topological polar surface area (TPSA) is 37.3 Å². The molecule has 0 aromatic heterocycles. The summed E-state index contributed by atoms with van der Waals surface area (Å²) in [6.45, 7) is 2.22. The summed E-state index contributed by atoms with van der Waals surface area (Å²) in [5, 5.41) is 10.3. The lowest BCUT2D eigenvalue weighted by molar-refractivity contribution is -0.143. The van der Waals surface area contributed by atoms with Crippen molar-refractivity contribution < 1.29 is 9.90 Å². The van der Waals surface area contributed by atoms with E-state index in [1.165, 1.54) is 10.5 Å². The Morgan fingerprint density at radius 3 is 2.78 bits per heavy atom. The Balaban J connectivity index is 2.12. The maximum Gasteiger partial charge on any atom is 0.314 e. The number of aliphatic carboxylic acids is 1. The molecule has 0 amide bonds. The van der Waals surface area contributed by atoms with Gasteiger partial charge < -0.3 is 5.11 Å². The second-order valence-electron chi connectivity index (χ2n) is 5.52. The van der Waals surface area contributed by atoms with Gasteiger partial charge in [0.1, 0.15) is 0 Å². The summed E-state index contributed by atoms with van der Waals surface area (Å²) in [4.78, 5) is 13.1. The van der Waals surface area contributed by atoms with Crippen LogP contribution in [-0.2, 0) is 16.6 Å². The third-order valence-corrected chi connectivity index (χ3v) is 5.59. The van der Waals surface area contributed by atoms with Gasteiger partial charge in [-0.15, -0.1) is 11.8 Å². The van der Waals surface area contributed by atoms with E-state index >= 15 is 0 Å². The molecule has 0 spiro atoms. The van der Waals surface area contributed by atoms with Gasteiger partial charge >= 0.3 is 5.97 Å². The van der Waals surface area contributed by atoms with Gasteiger partial charge in [0.05, 0.1) is 5.41 Å². The van der Waals surface area contributed by atoms with Gasteiger partial charge in [-0.25, -0.2) is 0 Å². The number of carbonyl (C=O) groups is 1. The molecule has 2 nitrogen and oxygen atoms in total. The first-order chi connectivity index (χ1) is 8.63. The smallest absolute Gasteiger partial charge is 0.314 e. The molecule has 0 bridgehead atoms. The van der Waals surface area contributed by atoms with E-state index in [2.05, 4.69) is 13.0 Å². The quantitative estimate of drug-likeness (QED) is 0.884. The Morgan fingerprint density at radius 1 is 1.39 bits per heavy atom. The van der Waals surface area contributed by atoms with Crippen LogP contribution in [-0.4, -0.2) is 16.3 Å². The maximum atomic E-state index is 11.8. The van der Waals surface area contributed by atoms with Crippen LogP contribution in [0.5, 0.6) is 0 Å². The zero-order valence-corrected chi connectivity index (χ0v) is 11.4. The van der Waals surface area contributed by atoms with Crippen LogP contribution < -0.4 is 0 Å². The third kappa shape index (κ3) is 1.68. The molecule has 1 atom stereocenters. The van der Waals surface area contributed by atoms with Gasteiger partial charge in [0, 0.05) is 10.1 Å². The van der Waals surface area contributed by atoms with Crippen molar-refractivity contribution in [2.24, 2.45) is 0 Å². The zero-order valence-electron chi connectivity index (χ0n) is 10.6. The predicted octanol–water partition coefficient (Wildman–Crippen LogP) is 3.62. The summed E-state index contributed by atoms with van der Waals surface area (Å²) in [6.07, 6.45) is 4.75. The van der Waals surface area contributed by atoms with Crippen molar-refractivity contribution in [2.45, 2.75) is 54.6 Å². The molecule has 1 aliphatic heterocycles. The molecule has 3 heteroatoms. The molecule has 2 aliphatic rings. The lowest BCUT2D eigenvalue weighted by Crippen LogP contribution is -2.33. The number of carboxylic acids is 1. The van der Waals surface area contributed by atoms with Crippen molar-refractivity contribution in [3.63, 3.8) is 0 Å². The minimum Gasteiger partial charge on any atom is -0.481 e. The van der Waals surface area contributed by atoms with Crippen molar-refractivity contribution in [3.05, 3.63) is 29.3 Å². The highest BCUT2D eigenvalue weighted by atomic mass is 32.2. The fourth-order valence-corrected chi connectivity index (χ4v) is 4.75. The van der Waals surface area contributed by atoms with Gasteiger partial charge in [-0.3, -0.25) is 4.79 Å². The summed E-state index contributed by atoms with van der Waals surface area (Å²) in [5.41, 5.74) is 1.82. The van der Waals surface area contributed by atoms with Gasteiger partial charge in [0.15, 0.2) is 0 Å². The molecule has 1 aromatic carbocycles. The number of benzene rings is 1. The number of fused-ring (bicyclic) bond motifs is 1. The van der Waals surface area contributed by atoms with E-state index in [1.807, 2.05) is 23.9 Å². The van der Waals surface area contributed by atoms with Gasteiger partial charge in [-0.2, -0.15) is 0 Å². The van der Waals surface area contributed by atoms with Crippen molar-refractivity contribution in [2.75, 3.05) is 0 Å². The fourth-order valence-electron chi connectivity index (χ4n) is 3.39. The van der Waals surface area contributed by atoms with Crippen LogP contribution >= 0.6 is 11.8 Å². The van der Waals surface area contributed by atoms with Crippen molar-refractivity contribution in [1.82, 2.24) is 0 Å². The van der Waals surface area contributed by atoms with E-state index in [1.54, 1.807) is 0 Å². The van der Waals surface area contributed by atoms with E-state index < -0.39 is 11.4 Å². The van der Waals surface area contributed by atoms with E-state index in [0.29, 0.717) is 5.25 Å². The van der Waals surface area contributed by atoms with E-state index in [0.717, 1.165) is 37.7 Å². The largest absolute Gasteiger partial charge is 0.481 e. The van der Waals surface area contributed by atoms with E-state index in [4.69, 9.17) is 0 Å². The van der Waals surface area contributed by atoms with Crippen LogP contribution in [0.2, 0.25) is 0 Å². The molecule has 1 aliphatic carbocycles. The molecule has 1 saturated carbocycles. The minimum atomic E-state index is -0.631. The predicted molar refractivity (Wildman–Crippen MR) is 73.2 cm³/mol. The van der Waals surface area contributed by atoms with Crippen LogP contribution in [0.3, 0.4) is 0 Å². The minimum absolute atomic E-state index is 0.577. The first-order valence-corrected chi connectivity index (χ1v) is 7.54. The molecule has 1 unspecified atom stereocenters. The standard InChI is InChI=1S/C15H18O2S/c1-10-9-11-5-4-6-12(13(11)18-10)15(14(16)17)7-2-3-8-15/h4-6,10H,2-3,7-9H2,1H3,(H,16,17). The second kappa shape index (κ2) is 4.30. The van der Waals surface area contributed by atoms with Gasteiger partial charge in [-0.05, 0) is 30.4 Å². The summed E-state index contributed by atoms with van der Waals surface area (Å²) < 4.78 is 0. The van der Waals surface area contributed by atoms with Crippen molar-refractivity contribution in [3.8, 4) is 0 Å². The van der Waals surface area contributed by atoms with Crippen LogP contribution in [0.4, 0.5) is 0 Å². The normalized spacial score (nSPS) is 25.1. The zero-order chi connectivity index (χ0) is 12.8. The Morgan fingerprint density at radius 2 is 2.11 bits per heavy atom. The molecule has 1 N–H and O–H groups in total. The second-order valence-corrected chi connectivity index (χ2v) is 6.97. The number of hydrogen-bond acceptors (Lipinski definition) is 2. The van der Waals surface area contributed by atoms with Gasteiger partial charge in [0.2, 0.25) is 0 Å². The average Bonchev–Trinajstić information content (AvgIpc) is 2.93. The Hall–Kier alpha value is -0.960. The molecule has 1 heterocycles. The molecular weight excluding hydrogens is 244 g/mol. The summed E-state index contributed by atoms with van der Waals surface area (Å²) in [7, 11) is 0. The molecule has 3 rings (SSSR count). The van der Waals surface area contributed by atoms with E-state index in [9.17, 15) is 9.90 Å². The molecule has 1 aromatic rings. The molecule has 0 radical (unpaired) electrons. The Kier molecular flexibility index (Phi) is 2.89. The SMILES string of the molecule is CC1Cc2cccc(C3(C(=O)O)CCCC3)c2S1. The molecule has 96 valence electrons. The summed E-state index contributed by atoms with van der Waals surface area (Å²) in [6, 6.07) is 6.24. The molecular formula is C15H18O2S. The lowest BCUT2D eigenvalue weighted by atomic mass is 9.78. The average molecular weight is 262 g/mol. The fraction of sp³-hybridized carbons (Fsp3) is 0.533. The highest BCUT2D eigenvalue weighted by Gasteiger charge is 2.45. The maximum absolute atomic E-state index is 11.8. The van der Waals surface area contributed by atoms with Crippen LogP contribution in [0.1, 0.15) is 43.7 Å². The van der Waals surface area contributed by atoms with Gasteiger partial charge in [0.25, 0.3) is 0 Å². The third-order valence-electron chi connectivity index (χ3n) is 4.31. The summed E-state index contributed by atoms with van der Waals surface area (Å²) >= 11 is 1.86. The van der Waals surface area contributed by atoms with Crippen molar-refractivity contribution >= 4 is 17.7 Å². The van der Waals surface area contributed by atoms with E-state index in [-0.39, 0.29) is 0 Å². The van der Waals surface area contributed by atoms with Crippen LogP contribution in [0.15, 0.2) is 23.1 Å². The Labute approximate surface area is 112 Å². The highest BCUT2D eigenvalue weighted by Crippen LogP contribution is 2.49. The van der Waals surface area contributed by atoms with Crippen LogP contribution in [0, 0.1) is 0 Å². The number of hydrogen-bond donors (Lipinski definition) is 1. The van der Waals surface area contributed by atoms with Gasteiger partial charge in [-0.1, -0.05) is 38.0 Å². The van der Waals surface area contributed by atoms with Crippen molar-refractivity contribution in [1.29, 1.82) is 0 Å². The molecule has 1 fully saturated rings. The Bertz CT molecular complexity index is 489. The number of thioether (sulfide) groups is 1. The first-order valence-electron chi connectivity index (χ1n) is 6.66. The lowest BCUT2D eigenvalue weighted by Gasteiger charge is -2.26. The first kappa shape index (κ1) is 12.1. The number of carboxylic acid groups (broad SMARTS) is 1. The molecule has 18 heavy (non-hydrogen) atoms. The van der Waals surface area contributed by atoms with Crippen LogP contribution in [0.25, 0.3) is 0 Å².